The van der Waals surface area contributed by atoms with Crippen molar-refractivity contribution >= 4 is 6.47 Å². The molecule has 0 heterocycles. The van der Waals surface area contributed by atoms with Crippen molar-refractivity contribution in [2.75, 3.05) is 0 Å². The van der Waals surface area contributed by atoms with Crippen molar-refractivity contribution in [3.8, 4) is 11.1 Å². The van der Waals surface area contributed by atoms with E-state index in [4.69, 9.17) is 4.74 Å². The Labute approximate surface area is 151 Å². The van der Waals surface area contributed by atoms with Crippen LogP contribution in [0, 0.1) is 0 Å². The average Bonchev–Trinajstić information content (AvgIpc) is 2.88. The highest BCUT2D eigenvalue weighted by Gasteiger charge is 2.28. The Morgan fingerprint density at radius 3 is 2.24 bits per heavy atom. The lowest BCUT2D eigenvalue weighted by atomic mass is 9.81. The minimum Gasteiger partial charge on any atom is -0.463 e. The molecule has 2 heteroatoms. The molecule has 2 nitrogen and oxygen atoms in total. The maximum Gasteiger partial charge on any atom is 0.293 e. The van der Waals surface area contributed by atoms with Gasteiger partial charge in [0.1, 0.15) is 6.61 Å². The average molecular weight is 336 g/mol. The third-order valence-electron chi connectivity index (χ3n) is 5.16. The minimum absolute atomic E-state index is 0.0158. The van der Waals surface area contributed by atoms with Crippen LogP contribution in [0.5, 0.6) is 0 Å². The molecule has 0 aliphatic heterocycles. The highest BCUT2D eigenvalue weighted by molar-refractivity contribution is 5.79. The van der Waals surface area contributed by atoms with Gasteiger partial charge in [0.05, 0.1) is 0 Å². The molecule has 3 rings (SSSR count). The van der Waals surface area contributed by atoms with Crippen LogP contribution in [0.15, 0.2) is 30.3 Å². The predicted octanol–water partition coefficient (Wildman–Crippen LogP) is 5.53. The van der Waals surface area contributed by atoms with E-state index in [1.807, 2.05) is 0 Å². The molecule has 0 N–H and O–H groups in total. The highest BCUT2D eigenvalue weighted by Crippen LogP contribution is 2.43. The van der Waals surface area contributed by atoms with Gasteiger partial charge in [-0.1, -0.05) is 71.9 Å². The summed E-state index contributed by atoms with van der Waals surface area (Å²) in [5, 5.41) is 0. The summed E-state index contributed by atoms with van der Waals surface area (Å²) < 4.78 is 5.18. The second-order valence-corrected chi connectivity index (χ2v) is 9.07. The molecule has 1 aliphatic rings. The van der Waals surface area contributed by atoms with Crippen LogP contribution in [0.2, 0.25) is 0 Å². The Hall–Kier alpha value is -2.09. The first-order chi connectivity index (χ1) is 11.6. The van der Waals surface area contributed by atoms with Gasteiger partial charge in [0.25, 0.3) is 6.47 Å². The molecule has 0 saturated carbocycles. The van der Waals surface area contributed by atoms with Gasteiger partial charge >= 0.3 is 0 Å². The van der Waals surface area contributed by atoms with E-state index in [9.17, 15) is 4.79 Å². The SMILES string of the molecule is CC(C)(C)c1ccc2c(c1)Cc1c-2ccc(C(C)(C)C)c1COC=O. The summed E-state index contributed by atoms with van der Waals surface area (Å²) in [5.41, 5.74) is 9.24. The molecule has 2 aromatic rings. The molecule has 0 aromatic heterocycles. The van der Waals surface area contributed by atoms with E-state index in [0.29, 0.717) is 13.1 Å². The number of carbonyl (C=O) groups is 1. The molecular weight excluding hydrogens is 308 g/mol. The second-order valence-electron chi connectivity index (χ2n) is 9.07. The number of carbonyl (C=O) groups excluding carboxylic acids is 1. The van der Waals surface area contributed by atoms with Gasteiger partial charge in [-0.2, -0.15) is 0 Å². The quantitative estimate of drug-likeness (QED) is 0.588. The maximum absolute atomic E-state index is 10.8. The van der Waals surface area contributed by atoms with Crippen LogP contribution in [0.1, 0.15) is 69.4 Å². The molecule has 1 aliphatic carbocycles. The lowest BCUT2D eigenvalue weighted by Crippen LogP contribution is -2.16. The second kappa shape index (κ2) is 6.01. The summed E-state index contributed by atoms with van der Waals surface area (Å²) in [5.74, 6) is 0. The van der Waals surface area contributed by atoms with Gasteiger partial charge in [-0.3, -0.25) is 4.79 Å². The van der Waals surface area contributed by atoms with Gasteiger partial charge in [0.15, 0.2) is 0 Å². The Balaban J connectivity index is 2.13. The summed E-state index contributed by atoms with van der Waals surface area (Å²) in [6, 6.07) is 11.3. The number of hydrogen-bond donors (Lipinski definition) is 0. The normalized spacial score (nSPS) is 13.4. The molecule has 0 amide bonds. The van der Waals surface area contributed by atoms with Crippen molar-refractivity contribution in [1.29, 1.82) is 0 Å². The van der Waals surface area contributed by atoms with Crippen molar-refractivity contribution in [2.24, 2.45) is 0 Å². The van der Waals surface area contributed by atoms with Crippen molar-refractivity contribution in [1.82, 2.24) is 0 Å². The van der Waals surface area contributed by atoms with Crippen molar-refractivity contribution in [3.05, 3.63) is 58.1 Å². The number of ether oxygens (including phenoxy) is 1. The first kappa shape index (κ1) is 17.7. The summed E-state index contributed by atoms with van der Waals surface area (Å²) in [7, 11) is 0. The molecule has 0 fully saturated rings. The lowest BCUT2D eigenvalue weighted by molar-refractivity contribution is -0.129. The molecule has 0 bridgehead atoms. The Bertz CT molecular complexity index is 817. The van der Waals surface area contributed by atoms with E-state index in [2.05, 4.69) is 71.9 Å². The van der Waals surface area contributed by atoms with Gasteiger partial charge < -0.3 is 4.74 Å². The molecule has 132 valence electrons. The van der Waals surface area contributed by atoms with E-state index >= 15 is 0 Å². The fourth-order valence-corrected chi connectivity index (χ4v) is 3.79. The third-order valence-corrected chi connectivity index (χ3v) is 5.16. The first-order valence-corrected chi connectivity index (χ1v) is 8.97. The lowest BCUT2D eigenvalue weighted by Gasteiger charge is -2.25. The van der Waals surface area contributed by atoms with Gasteiger partial charge in [0, 0.05) is 0 Å². The fraction of sp³-hybridized carbons (Fsp3) is 0.435. The zero-order valence-corrected chi connectivity index (χ0v) is 16.2. The molecule has 0 atom stereocenters. The van der Waals surface area contributed by atoms with Crippen LogP contribution in [0.25, 0.3) is 11.1 Å². The Morgan fingerprint density at radius 2 is 1.64 bits per heavy atom. The maximum atomic E-state index is 10.8. The molecule has 25 heavy (non-hydrogen) atoms. The van der Waals surface area contributed by atoms with E-state index < -0.39 is 0 Å². The van der Waals surface area contributed by atoms with Crippen LogP contribution in [-0.4, -0.2) is 6.47 Å². The zero-order chi connectivity index (χ0) is 18.4. The monoisotopic (exact) mass is 336 g/mol. The minimum atomic E-state index is 0.0158. The molecule has 2 aromatic carbocycles. The van der Waals surface area contributed by atoms with E-state index in [1.54, 1.807) is 0 Å². The van der Waals surface area contributed by atoms with Crippen LogP contribution < -0.4 is 0 Å². The number of rotatable bonds is 3. The number of fused-ring (bicyclic) bond motifs is 3. The Morgan fingerprint density at radius 1 is 0.960 bits per heavy atom. The number of benzene rings is 2. The molecule has 0 unspecified atom stereocenters. The van der Waals surface area contributed by atoms with Crippen LogP contribution >= 0.6 is 0 Å². The largest absolute Gasteiger partial charge is 0.463 e. The smallest absolute Gasteiger partial charge is 0.293 e. The Kier molecular flexibility index (Phi) is 4.26. The zero-order valence-electron chi connectivity index (χ0n) is 16.2. The van der Waals surface area contributed by atoms with Crippen LogP contribution in [0.4, 0.5) is 0 Å². The van der Waals surface area contributed by atoms with Crippen LogP contribution in [-0.2, 0) is 33.4 Å². The molecular formula is C23H28O2. The summed E-state index contributed by atoms with van der Waals surface area (Å²) >= 11 is 0. The third kappa shape index (κ3) is 3.22. The van der Waals surface area contributed by atoms with E-state index in [1.165, 1.54) is 38.9 Å². The van der Waals surface area contributed by atoms with Gasteiger partial charge in [-0.15, -0.1) is 0 Å². The molecule has 0 saturated heterocycles. The molecule has 0 radical (unpaired) electrons. The summed E-state index contributed by atoms with van der Waals surface area (Å²) in [6.07, 6.45) is 0.913. The van der Waals surface area contributed by atoms with Crippen molar-refractivity contribution < 1.29 is 9.53 Å². The topological polar surface area (TPSA) is 26.3 Å². The van der Waals surface area contributed by atoms with Gasteiger partial charge in [0.2, 0.25) is 0 Å². The van der Waals surface area contributed by atoms with Crippen molar-refractivity contribution in [2.45, 2.75) is 65.4 Å². The van der Waals surface area contributed by atoms with E-state index in [-0.39, 0.29) is 10.8 Å². The highest BCUT2D eigenvalue weighted by atomic mass is 16.5. The van der Waals surface area contributed by atoms with E-state index in [0.717, 1.165) is 6.42 Å². The number of hydrogen-bond acceptors (Lipinski definition) is 2. The fourth-order valence-electron chi connectivity index (χ4n) is 3.79. The first-order valence-electron chi connectivity index (χ1n) is 8.97. The van der Waals surface area contributed by atoms with Gasteiger partial charge in [-0.05, 0) is 56.2 Å². The standard InChI is InChI=1S/C23H28O2/c1-22(2,3)16-7-8-17-15(11-16)12-19-18(17)9-10-21(23(4,5)6)20(19)13-25-14-24/h7-11,14H,12-13H2,1-6H3. The summed E-state index contributed by atoms with van der Waals surface area (Å²) in [4.78, 5) is 10.8. The predicted molar refractivity (Wildman–Crippen MR) is 103 cm³/mol. The van der Waals surface area contributed by atoms with Gasteiger partial charge in [-0.25, -0.2) is 0 Å². The summed E-state index contributed by atoms with van der Waals surface area (Å²) in [6.45, 7) is 14.3. The van der Waals surface area contributed by atoms with Crippen molar-refractivity contribution in [3.63, 3.8) is 0 Å². The molecule has 0 spiro atoms. The van der Waals surface area contributed by atoms with Crippen LogP contribution in [0.3, 0.4) is 0 Å².